The van der Waals surface area contributed by atoms with Crippen molar-refractivity contribution < 1.29 is 14.3 Å². The molecule has 0 aliphatic carbocycles. The number of ether oxygens (including phenoxy) is 1. The van der Waals surface area contributed by atoms with E-state index in [9.17, 15) is 9.59 Å². The van der Waals surface area contributed by atoms with Crippen molar-refractivity contribution in [1.82, 2.24) is 4.40 Å². The zero-order valence-electron chi connectivity index (χ0n) is 14.7. The van der Waals surface area contributed by atoms with E-state index in [1.807, 2.05) is 60.1 Å². The topological polar surface area (TPSA) is 47.8 Å². The molecule has 0 fully saturated rings. The van der Waals surface area contributed by atoms with Crippen LogP contribution >= 0.6 is 11.3 Å². The SMILES string of the molecule is CCOC(=O)c1c(-c2cccs2)c(C(=O)c2ccccc2)n2ccccc12. The van der Waals surface area contributed by atoms with Crippen LogP contribution in [0.1, 0.15) is 33.3 Å². The Kier molecular flexibility index (Phi) is 4.60. The normalized spacial score (nSPS) is 10.9. The number of nitrogens with zero attached hydrogens (tertiary/aromatic N) is 1. The molecule has 0 amide bonds. The monoisotopic (exact) mass is 375 g/mol. The van der Waals surface area contributed by atoms with Gasteiger partial charge in [0.1, 0.15) is 5.69 Å². The van der Waals surface area contributed by atoms with Crippen molar-refractivity contribution in [1.29, 1.82) is 0 Å². The molecular weight excluding hydrogens is 358 g/mol. The summed E-state index contributed by atoms with van der Waals surface area (Å²) in [5, 5.41) is 1.93. The molecule has 1 aromatic carbocycles. The lowest BCUT2D eigenvalue weighted by atomic mass is 10.0. The molecule has 0 saturated heterocycles. The van der Waals surface area contributed by atoms with Crippen molar-refractivity contribution in [2.45, 2.75) is 6.92 Å². The van der Waals surface area contributed by atoms with Crippen LogP contribution < -0.4 is 0 Å². The quantitative estimate of drug-likeness (QED) is 0.361. The van der Waals surface area contributed by atoms with Crippen molar-refractivity contribution in [2.24, 2.45) is 0 Å². The summed E-state index contributed by atoms with van der Waals surface area (Å²) in [7, 11) is 0. The van der Waals surface area contributed by atoms with E-state index in [0.717, 1.165) is 4.88 Å². The van der Waals surface area contributed by atoms with Crippen molar-refractivity contribution in [2.75, 3.05) is 6.61 Å². The summed E-state index contributed by atoms with van der Waals surface area (Å²) in [4.78, 5) is 27.1. The Morgan fingerprint density at radius 2 is 1.78 bits per heavy atom. The third-order valence-corrected chi connectivity index (χ3v) is 5.23. The zero-order chi connectivity index (χ0) is 18.8. The molecule has 0 bridgehead atoms. The maximum Gasteiger partial charge on any atom is 0.341 e. The summed E-state index contributed by atoms with van der Waals surface area (Å²) >= 11 is 1.49. The number of hydrogen-bond donors (Lipinski definition) is 0. The number of carbonyl (C=O) groups is 2. The Labute approximate surface area is 160 Å². The highest BCUT2D eigenvalue weighted by Crippen LogP contribution is 2.37. The third kappa shape index (κ3) is 2.96. The predicted octanol–water partition coefficient (Wildman–Crippen LogP) is 5.08. The number of aromatic nitrogens is 1. The number of hydrogen-bond acceptors (Lipinski definition) is 4. The van der Waals surface area contributed by atoms with Crippen LogP contribution in [-0.2, 0) is 4.74 Å². The first-order valence-corrected chi connectivity index (χ1v) is 9.54. The first-order valence-electron chi connectivity index (χ1n) is 8.66. The highest BCUT2D eigenvalue weighted by Gasteiger charge is 2.29. The van der Waals surface area contributed by atoms with Gasteiger partial charge in [-0.25, -0.2) is 4.79 Å². The Hall–Kier alpha value is -3.18. The van der Waals surface area contributed by atoms with E-state index in [-0.39, 0.29) is 12.4 Å². The van der Waals surface area contributed by atoms with Crippen molar-refractivity contribution in [3.8, 4) is 10.4 Å². The highest BCUT2D eigenvalue weighted by molar-refractivity contribution is 7.13. The van der Waals surface area contributed by atoms with Gasteiger partial charge in [-0.3, -0.25) is 4.79 Å². The summed E-state index contributed by atoms with van der Waals surface area (Å²) in [6, 6.07) is 18.5. The predicted molar refractivity (Wildman–Crippen MR) is 107 cm³/mol. The van der Waals surface area contributed by atoms with E-state index in [2.05, 4.69) is 0 Å². The highest BCUT2D eigenvalue weighted by atomic mass is 32.1. The average Bonchev–Trinajstić information content (AvgIpc) is 3.34. The molecule has 134 valence electrons. The number of thiophene rings is 1. The van der Waals surface area contributed by atoms with Crippen LogP contribution in [-0.4, -0.2) is 22.8 Å². The number of ketones is 1. The lowest BCUT2D eigenvalue weighted by Gasteiger charge is -2.06. The fourth-order valence-electron chi connectivity index (χ4n) is 3.23. The van der Waals surface area contributed by atoms with Crippen LogP contribution in [0.25, 0.3) is 16.0 Å². The van der Waals surface area contributed by atoms with Crippen molar-refractivity contribution >= 4 is 28.6 Å². The first-order chi connectivity index (χ1) is 13.2. The lowest BCUT2D eigenvalue weighted by molar-refractivity contribution is 0.0529. The van der Waals surface area contributed by atoms with Gasteiger partial charge in [-0.15, -0.1) is 11.3 Å². The number of carbonyl (C=O) groups excluding carboxylic acids is 2. The fourth-order valence-corrected chi connectivity index (χ4v) is 4.01. The van der Waals surface area contributed by atoms with Crippen molar-refractivity contribution in [3.05, 3.63) is 89.1 Å². The number of pyridine rings is 1. The summed E-state index contributed by atoms with van der Waals surface area (Å²) in [6.07, 6.45) is 1.81. The van der Waals surface area contributed by atoms with Gasteiger partial charge in [-0.2, -0.15) is 0 Å². The molecule has 0 spiro atoms. The van der Waals surface area contributed by atoms with Gasteiger partial charge in [0.15, 0.2) is 0 Å². The molecule has 4 nitrogen and oxygen atoms in total. The summed E-state index contributed by atoms with van der Waals surface area (Å²) in [6.45, 7) is 2.05. The second-order valence-electron chi connectivity index (χ2n) is 5.95. The van der Waals surface area contributed by atoms with Crippen molar-refractivity contribution in [3.63, 3.8) is 0 Å². The van der Waals surface area contributed by atoms with E-state index >= 15 is 0 Å². The fraction of sp³-hybridized carbons (Fsp3) is 0.0909. The second kappa shape index (κ2) is 7.21. The molecule has 0 aliphatic rings. The van der Waals surface area contributed by atoms with Gasteiger partial charge >= 0.3 is 5.97 Å². The van der Waals surface area contributed by atoms with Gasteiger partial charge in [0.2, 0.25) is 5.78 Å². The maximum atomic E-state index is 13.4. The Morgan fingerprint density at radius 3 is 2.48 bits per heavy atom. The standard InChI is InChI=1S/C22H17NO3S/c1-2-26-22(25)18-16-11-6-7-13-23(16)20(19(18)17-12-8-14-27-17)21(24)15-9-4-3-5-10-15/h3-14H,2H2,1H3. The van der Waals surface area contributed by atoms with Crippen LogP contribution in [0.15, 0.2) is 72.2 Å². The minimum atomic E-state index is -0.420. The molecule has 4 aromatic rings. The molecule has 0 atom stereocenters. The van der Waals surface area contributed by atoms with E-state index in [4.69, 9.17) is 4.74 Å². The van der Waals surface area contributed by atoms with Crippen LogP contribution in [0.3, 0.4) is 0 Å². The summed E-state index contributed by atoms with van der Waals surface area (Å²) in [5.74, 6) is -0.549. The van der Waals surface area contributed by atoms with Gasteiger partial charge in [-0.05, 0) is 30.5 Å². The minimum absolute atomic E-state index is 0.129. The van der Waals surface area contributed by atoms with E-state index < -0.39 is 5.97 Å². The number of esters is 1. The number of rotatable bonds is 5. The molecule has 5 heteroatoms. The smallest absolute Gasteiger partial charge is 0.341 e. The van der Waals surface area contributed by atoms with Crippen LogP contribution in [0.2, 0.25) is 0 Å². The van der Waals surface area contributed by atoms with Crippen LogP contribution in [0, 0.1) is 0 Å². The third-order valence-electron chi connectivity index (χ3n) is 4.34. The summed E-state index contributed by atoms with van der Waals surface area (Å²) in [5.41, 5.74) is 2.78. The van der Waals surface area contributed by atoms with Gasteiger partial charge in [0.05, 0.1) is 17.7 Å². The molecule has 0 radical (unpaired) electrons. The summed E-state index contributed by atoms with van der Waals surface area (Å²) < 4.78 is 7.10. The van der Waals surface area contributed by atoms with Crippen LogP contribution in [0.4, 0.5) is 0 Å². The molecule has 0 unspecified atom stereocenters. The molecule has 0 N–H and O–H groups in total. The molecule has 0 saturated carbocycles. The van der Waals surface area contributed by atoms with Gasteiger partial charge in [-0.1, -0.05) is 42.5 Å². The Morgan fingerprint density at radius 1 is 1.00 bits per heavy atom. The minimum Gasteiger partial charge on any atom is -0.462 e. The Bertz CT molecular complexity index is 1110. The van der Waals surface area contributed by atoms with Gasteiger partial charge in [0, 0.05) is 22.2 Å². The number of benzene rings is 1. The van der Waals surface area contributed by atoms with E-state index in [0.29, 0.717) is 27.9 Å². The van der Waals surface area contributed by atoms with Gasteiger partial charge < -0.3 is 9.14 Å². The molecule has 0 aliphatic heterocycles. The molecule has 27 heavy (non-hydrogen) atoms. The average molecular weight is 375 g/mol. The molecule has 3 heterocycles. The maximum absolute atomic E-state index is 13.4. The zero-order valence-corrected chi connectivity index (χ0v) is 15.5. The van der Waals surface area contributed by atoms with E-state index in [1.165, 1.54) is 11.3 Å². The lowest BCUT2D eigenvalue weighted by Crippen LogP contribution is -2.07. The largest absolute Gasteiger partial charge is 0.462 e. The first kappa shape index (κ1) is 17.2. The molecular formula is C22H17NO3S. The van der Waals surface area contributed by atoms with Gasteiger partial charge in [0.25, 0.3) is 0 Å². The second-order valence-corrected chi connectivity index (χ2v) is 6.90. The van der Waals surface area contributed by atoms with Crippen LogP contribution in [0.5, 0.6) is 0 Å². The molecule has 3 aromatic heterocycles. The Balaban J connectivity index is 2.07. The molecule has 4 rings (SSSR count). The number of fused-ring (bicyclic) bond motifs is 1. The van der Waals surface area contributed by atoms with E-state index in [1.54, 1.807) is 23.5 Å².